The average molecular weight is 159 g/mol. The van der Waals surface area contributed by atoms with E-state index in [0.717, 1.165) is 0 Å². The van der Waals surface area contributed by atoms with Crippen molar-refractivity contribution in [1.82, 2.24) is 0 Å². The molecule has 0 saturated heterocycles. The summed E-state index contributed by atoms with van der Waals surface area (Å²) in [7, 11) is 0. The zero-order valence-electron chi connectivity index (χ0n) is 7.76. The third kappa shape index (κ3) is 50.7. The third-order valence-electron chi connectivity index (χ3n) is 0.312. The zero-order valence-corrected chi connectivity index (χ0v) is 7.76. The second kappa shape index (κ2) is 15.9. The molecular formula is C8H17NO2. The zero-order chi connectivity index (χ0) is 9.86. The van der Waals surface area contributed by atoms with Gasteiger partial charge in [0.15, 0.2) is 0 Å². The molecule has 0 spiro atoms. The minimum absolute atomic E-state index is 0.0185. The van der Waals surface area contributed by atoms with Gasteiger partial charge in [-0.15, -0.1) is 6.58 Å². The summed E-state index contributed by atoms with van der Waals surface area (Å²) in [5.41, 5.74) is -0.0185. The van der Waals surface area contributed by atoms with Gasteiger partial charge in [-0.25, -0.2) is 0 Å². The number of hydrogen-bond acceptors (Lipinski definition) is 2. The molecule has 0 atom stereocenters. The molecule has 0 bridgehead atoms. The Kier molecular flexibility index (Phi) is 23.9. The van der Waals surface area contributed by atoms with Crippen molar-refractivity contribution in [3.05, 3.63) is 35.0 Å². The molecule has 0 saturated carbocycles. The molecule has 66 valence electrons. The molecule has 0 rings (SSSR count). The van der Waals surface area contributed by atoms with Crippen LogP contribution < -0.4 is 0 Å². The van der Waals surface area contributed by atoms with Crippen LogP contribution in [0.25, 0.3) is 0 Å². The van der Waals surface area contributed by atoms with E-state index in [1.54, 1.807) is 6.08 Å². The average Bonchev–Trinajstić information content (AvgIpc) is 1.93. The van der Waals surface area contributed by atoms with Crippen molar-refractivity contribution in [3.8, 4) is 0 Å². The van der Waals surface area contributed by atoms with Crippen LogP contribution in [0.2, 0.25) is 0 Å². The Hall–Kier alpha value is -1.12. The third-order valence-corrected chi connectivity index (χ3v) is 0.312. The maximum absolute atomic E-state index is 9.41. The first-order chi connectivity index (χ1) is 5.06. The lowest BCUT2D eigenvalue weighted by Gasteiger charge is -1.78. The van der Waals surface area contributed by atoms with E-state index in [1.165, 1.54) is 6.92 Å². The van der Waals surface area contributed by atoms with Crippen LogP contribution in [0, 0.1) is 10.1 Å². The molecule has 0 aliphatic rings. The van der Waals surface area contributed by atoms with Gasteiger partial charge in [-0.2, -0.15) is 0 Å². The summed E-state index contributed by atoms with van der Waals surface area (Å²) in [6, 6.07) is 0. The number of nitrogens with zero attached hydrogens (tertiary/aromatic N) is 1. The minimum atomic E-state index is -0.528. The van der Waals surface area contributed by atoms with E-state index in [0.29, 0.717) is 0 Å². The first kappa shape index (κ1) is 16.5. The molecule has 0 amide bonds. The molecule has 3 nitrogen and oxygen atoms in total. The van der Waals surface area contributed by atoms with Gasteiger partial charge in [0.25, 0.3) is 0 Å². The predicted octanol–water partition coefficient (Wildman–Crippen LogP) is 3.02. The van der Waals surface area contributed by atoms with Crippen molar-refractivity contribution in [2.24, 2.45) is 0 Å². The van der Waals surface area contributed by atoms with Crippen LogP contribution in [0.3, 0.4) is 0 Å². The SMILES string of the molecule is C=C(C)[N+](=O)[O-].C=CC.CC. The van der Waals surface area contributed by atoms with E-state index in [9.17, 15) is 10.1 Å². The van der Waals surface area contributed by atoms with E-state index in [2.05, 4.69) is 13.2 Å². The van der Waals surface area contributed by atoms with Crippen molar-refractivity contribution in [3.63, 3.8) is 0 Å². The molecule has 0 aliphatic carbocycles. The van der Waals surface area contributed by atoms with Crippen LogP contribution in [0.4, 0.5) is 0 Å². The largest absolute Gasteiger partial charge is 0.259 e. The second-order valence-corrected chi connectivity index (χ2v) is 1.40. The van der Waals surface area contributed by atoms with E-state index >= 15 is 0 Å². The Balaban J connectivity index is -0.000000109. The predicted molar refractivity (Wildman–Crippen MR) is 49.0 cm³/mol. The van der Waals surface area contributed by atoms with Crippen LogP contribution in [0.5, 0.6) is 0 Å². The second-order valence-electron chi connectivity index (χ2n) is 1.40. The molecule has 0 aromatic rings. The highest BCUT2D eigenvalue weighted by molar-refractivity contribution is 4.70. The standard InChI is InChI=1S/C3H5NO2.C3H6.C2H6/c1-3(2)4(5)6;1-3-2;1-2/h1H2,2H3;3H,1H2,2H3;1-2H3. The maximum atomic E-state index is 9.41. The molecule has 0 unspecified atom stereocenters. The smallest absolute Gasteiger partial charge is 0.236 e. The molecule has 0 aliphatic heterocycles. The summed E-state index contributed by atoms with van der Waals surface area (Å²) in [6.07, 6.45) is 1.75. The quantitative estimate of drug-likeness (QED) is 0.335. The van der Waals surface area contributed by atoms with Crippen LogP contribution in [0.15, 0.2) is 24.9 Å². The highest BCUT2D eigenvalue weighted by Crippen LogP contribution is 1.82. The Morgan fingerprint density at radius 1 is 1.55 bits per heavy atom. The van der Waals surface area contributed by atoms with Crippen molar-refractivity contribution >= 4 is 0 Å². The van der Waals surface area contributed by atoms with Gasteiger partial charge in [-0.05, 0) is 13.5 Å². The van der Waals surface area contributed by atoms with E-state index < -0.39 is 4.92 Å². The van der Waals surface area contributed by atoms with Crippen LogP contribution >= 0.6 is 0 Å². The van der Waals surface area contributed by atoms with Crippen LogP contribution in [-0.4, -0.2) is 4.92 Å². The van der Waals surface area contributed by atoms with Gasteiger partial charge in [0, 0.05) is 6.92 Å². The van der Waals surface area contributed by atoms with Gasteiger partial charge in [0.05, 0.1) is 4.92 Å². The molecule has 3 heteroatoms. The summed E-state index contributed by atoms with van der Waals surface area (Å²) in [4.78, 5) is 8.88. The monoisotopic (exact) mass is 159 g/mol. The molecule has 0 aromatic carbocycles. The van der Waals surface area contributed by atoms with Crippen LogP contribution in [-0.2, 0) is 0 Å². The lowest BCUT2D eigenvalue weighted by atomic mass is 10.6. The van der Waals surface area contributed by atoms with Crippen molar-refractivity contribution < 1.29 is 4.92 Å². The van der Waals surface area contributed by atoms with Crippen molar-refractivity contribution in [2.75, 3.05) is 0 Å². The first-order valence-corrected chi connectivity index (χ1v) is 3.43. The first-order valence-electron chi connectivity index (χ1n) is 3.43. The Morgan fingerprint density at radius 2 is 1.64 bits per heavy atom. The summed E-state index contributed by atoms with van der Waals surface area (Å²) in [6.45, 7) is 13.7. The van der Waals surface area contributed by atoms with Crippen molar-refractivity contribution in [1.29, 1.82) is 0 Å². The van der Waals surface area contributed by atoms with Crippen LogP contribution in [0.1, 0.15) is 27.7 Å². The number of allylic oxidation sites excluding steroid dienone is 2. The Morgan fingerprint density at radius 3 is 1.64 bits per heavy atom. The molecule has 0 heterocycles. The van der Waals surface area contributed by atoms with Gasteiger partial charge >= 0.3 is 0 Å². The highest BCUT2D eigenvalue weighted by Gasteiger charge is 1.90. The molecule has 0 fully saturated rings. The summed E-state index contributed by atoms with van der Waals surface area (Å²) < 4.78 is 0. The van der Waals surface area contributed by atoms with E-state index in [4.69, 9.17) is 0 Å². The lowest BCUT2D eigenvalue weighted by Crippen LogP contribution is -1.89. The molecular weight excluding hydrogens is 142 g/mol. The lowest BCUT2D eigenvalue weighted by molar-refractivity contribution is -0.423. The molecule has 0 radical (unpaired) electrons. The Bertz CT molecular complexity index is 107. The number of nitro groups is 1. The Labute approximate surface area is 68.6 Å². The number of hydrogen-bond donors (Lipinski definition) is 0. The summed E-state index contributed by atoms with van der Waals surface area (Å²) in [5.74, 6) is 0. The number of rotatable bonds is 1. The van der Waals surface area contributed by atoms with E-state index in [1.807, 2.05) is 20.8 Å². The fourth-order valence-corrected chi connectivity index (χ4v) is 0. The molecule has 0 aromatic heterocycles. The minimum Gasteiger partial charge on any atom is -0.259 e. The van der Waals surface area contributed by atoms with Gasteiger partial charge in [0.2, 0.25) is 5.70 Å². The normalized spacial score (nSPS) is 5.82. The van der Waals surface area contributed by atoms with Gasteiger partial charge in [-0.1, -0.05) is 19.9 Å². The van der Waals surface area contributed by atoms with Crippen molar-refractivity contribution in [2.45, 2.75) is 27.7 Å². The van der Waals surface area contributed by atoms with Gasteiger partial charge in [-0.3, -0.25) is 10.1 Å². The summed E-state index contributed by atoms with van der Waals surface area (Å²) in [5, 5.41) is 9.41. The summed E-state index contributed by atoms with van der Waals surface area (Å²) >= 11 is 0. The fourth-order valence-electron chi connectivity index (χ4n) is 0. The van der Waals surface area contributed by atoms with Gasteiger partial charge < -0.3 is 0 Å². The molecule has 11 heavy (non-hydrogen) atoms. The topological polar surface area (TPSA) is 43.1 Å². The van der Waals surface area contributed by atoms with Gasteiger partial charge in [0.1, 0.15) is 0 Å². The van der Waals surface area contributed by atoms with E-state index in [-0.39, 0.29) is 5.70 Å². The molecule has 0 N–H and O–H groups in total. The highest BCUT2D eigenvalue weighted by atomic mass is 16.6. The maximum Gasteiger partial charge on any atom is 0.236 e. The fraction of sp³-hybridized carbons (Fsp3) is 0.500.